The summed E-state index contributed by atoms with van der Waals surface area (Å²) in [5.74, 6) is 1.65. The van der Waals surface area contributed by atoms with Crippen LogP contribution in [0.2, 0.25) is 0 Å². The highest BCUT2D eigenvalue weighted by Crippen LogP contribution is 2.24. The van der Waals surface area contributed by atoms with Crippen LogP contribution in [0.3, 0.4) is 0 Å². The summed E-state index contributed by atoms with van der Waals surface area (Å²) in [4.78, 5) is 12.1. The first-order valence-electron chi connectivity index (χ1n) is 7.46. The van der Waals surface area contributed by atoms with Crippen LogP contribution in [0, 0.1) is 5.82 Å². The maximum absolute atomic E-state index is 13.7. The Hall–Kier alpha value is -2.05. The topological polar surface area (TPSA) is 42.2 Å². The number of nitrogens with one attached hydrogen (secondary N) is 1. The third-order valence-electron chi connectivity index (χ3n) is 3.35. The molecule has 0 saturated heterocycles. The van der Waals surface area contributed by atoms with Crippen LogP contribution >= 0.6 is 23.1 Å². The number of benzene rings is 1. The molecule has 3 aromatic rings. The number of furan rings is 1. The Morgan fingerprint density at radius 3 is 2.88 bits per heavy atom. The van der Waals surface area contributed by atoms with Gasteiger partial charge < -0.3 is 9.73 Å². The van der Waals surface area contributed by atoms with E-state index in [1.54, 1.807) is 53.4 Å². The van der Waals surface area contributed by atoms with E-state index in [4.69, 9.17) is 4.42 Å². The number of carbonyl (C=O) groups excluding carboxylic acids is 1. The first kappa shape index (κ1) is 16.8. The number of thioether (sulfide) groups is 1. The fourth-order valence-electron chi connectivity index (χ4n) is 2.15. The van der Waals surface area contributed by atoms with Gasteiger partial charge in [-0.2, -0.15) is 23.1 Å². The van der Waals surface area contributed by atoms with Crippen molar-refractivity contribution in [1.82, 2.24) is 5.32 Å². The van der Waals surface area contributed by atoms with Crippen molar-refractivity contribution in [3.05, 3.63) is 70.4 Å². The minimum Gasteiger partial charge on any atom is -0.451 e. The molecule has 0 aliphatic heterocycles. The molecule has 0 unspecified atom stereocenters. The molecule has 0 spiro atoms. The van der Waals surface area contributed by atoms with Gasteiger partial charge in [-0.1, -0.05) is 12.1 Å². The van der Waals surface area contributed by atoms with Crippen LogP contribution in [0.25, 0.3) is 11.3 Å². The summed E-state index contributed by atoms with van der Waals surface area (Å²) >= 11 is 3.45. The molecule has 6 heteroatoms. The molecule has 0 atom stereocenters. The zero-order chi connectivity index (χ0) is 16.8. The van der Waals surface area contributed by atoms with Gasteiger partial charge in [0.25, 0.3) is 5.91 Å². The van der Waals surface area contributed by atoms with Gasteiger partial charge in [-0.25, -0.2) is 4.39 Å². The smallest absolute Gasteiger partial charge is 0.287 e. The van der Waals surface area contributed by atoms with E-state index in [-0.39, 0.29) is 17.5 Å². The van der Waals surface area contributed by atoms with E-state index < -0.39 is 0 Å². The molecule has 2 aromatic heterocycles. The molecule has 0 aliphatic carbocycles. The number of halogens is 1. The van der Waals surface area contributed by atoms with Crippen molar-refractivity contribution in [2.75, 3.05) is 12.3 Å². The quantitative estimate of drug-likeness (QED) is 0.614. The number of hydrogen-bond donors (Lipinski definition) is 1. The Kier molecular flexibility index (Phi) is 5.72. The third kappa shape index (κ3) is 4.27. The largest absolute Gasteiger partial charge is 0.451 e. The Bertz CT molecular complexity index is 799. The first-order chi connectivity index (χ1) is 11.7. The number of hydrogen-bond acceptors (Lipinski definition) is 4. The van der Waals surface area contributed by atoms with E-state index in [2.05, 4.69) is 22.1 Å². The summed E-state index contributed by atoms with van der Waals surface area (Å²) in [5, 5.41) is 6.99. The first-order valence-corrected chi connectivity index (χ1v) is 9.55. The zero-order valence-corrected chi connectivity index (χ0v) is 14.5. The van der Waals surface area contributed by atoms with Crippen LogP contribution in [0.5, 0.6) is 0 Å². The monoisotopic (exact) mass is 361 g/mol. The molecule has 0 radical (unpaired) electrons. The summed E-state index contributed by atoms with van der Waals surface area (Å²) in [6, 6.07) is 11.6. The lowest BCUT2D eigenvalue weighted by molar-refractivity contribution is 0.0929. The predicted molar refractivity (Wildman–Crippen MR) is 96.9 cm³/mol. The molecule has 1 aromatic carbocycles. The summed E-state index contributed by atoms with van der Waals surface area (Å²) < 4.78 is 19.2. The molecule has 3 rings (SSSR count). The Balaban J connectivity index is 1.48. The number of carbonyl (C=O) groups is 1. The highest BCUT2D eigenvalue weighted by Gasteiger charge is 2.13. The van der Waals surface area contributed by atoms with Crippen molar-refractivity contribution in [3.63, 3.8) is 0 Å². The molecular formula is C18H16FNO2S2. The lowest BCUT2D eigenvalue weighted by Crippen LogP contribution is -2.25. The highest BCUT2D eigenvalue weighted by molar-refractivity contribution is 7.98. The maximum Gasteiger partial charge on any atom is 0.287 e. The standard InChI is InChI=1S/C18H16FNO2S2/c19-15-4-2-1-3-14(15)16-5-6-17(22-16)18(21)20-8-10-24-12-13-7-9-23-11-13/h1-7,9,11H,8,10,12H2,(H,20,21). The van der Waals surface area contributed by atoms with E-state index in [0.29, 0.717) is 17.9 Å². The van der Waals surface area contributed by atoms with Gasteiger partial charge >= 0.3 is 0 Å². The molecule has 0 bridgehead atoms. The van der Waals surface area contributed by atoms with Crippen LogP contribution in [0.15, 0.2) is 57.6 Å². The van der Waals surface area contributed by atoms with E-state index in [1.807, 2.05) is 0 Å². The molecule has 1 N–H and O–H groups in total. The molecule has 0 aliphatic rings. The van der Waals surface area contributed by atoms with E-state index in [0.717, 1.165) is 11.5 Å². The summed E-state index contributed by atoms with van der Waals surface area (Å²) in [6.07, 6.45) is 0. The van der Waals surface area contributed by atoms with Crippen LogP contribution in [-0.2, 0) is 5.75 Å². The number of rotatable bonds is 7. The molecule has 2 heterocycles. The van der Waals surface area contributed by atoms with Gasteiger partial charge in [-0.05, 0) is 46.7 Å². The van der Waals surface area contributed by atoms with Gasteiger partial charge in [-0.3, -0.25) is 4.79 Å². The van der Waals surface area contributed by atoms with Crippen LogP contribution in [0.1, 0.15) is 16.1 Å². The molecule has 0 fully saturated rings. The van der Waals surface area contributed by atoms with Gasteiger partial charge in [0.15, 0.2) is 5.76 Å². The Morgan fingerprint density at radius 1 is 1.21 bits per heavy atom. The van der Waals surface area contributed by atoms with Gasteiger partial charge in [0.2, 0.25) is 0 Å². The summed E-state index contributed by atoms with van der Waals surface area (Å²) in [6.45, 7) is 0.559. The normalized spacial score (nSPS) is 10.7. The molecule has 1 amide bonds. The summed E-state index contributed by atoms with van der Waals surface area (Å²) in [5.41, 5.74) is 1.65. The average molecular weight is 361 g/mol. The Labute approximate surface area is 147 Å². The van der Waals surface area contributed by atoms with Gasteiger partial charge in [0.1, 0.15) is 11.6 Å². The van der Waals surface area contributed by atoms with Crippen LogP contribution in [-0.4, -0.2) is 18.2 Å². The van der Waals surface area contributed by atoms with E-state index in [9.17, 15) is 9.18 Å². The van der Waals surface area contributed by atoms with Gasteiger partial charge in [-0.15, -0.1) is 0 Å². The number of thiophene rings is 1. The lowest BCUT2D eigenvalue weighted by Gasteiger charge is -2.03. The van der Waals surface area contributed by atoms with Gasteiger partial charge in [0, 0.05) is 18.1 Å². The number of amides is 1. The van der Waals surface area contributed by atoms with Crippen molar-refractivity contribution < 1.29 is 13.6 Å². The van der Waals surface area contributed by atoms with E-state index in [1.165, 1.54) is 11.6 Å². The highest BCUT2D eigenvalue weighted by atomic mass is 32.2. The second-order valence-electron chi connectivity index (χ2n) is 5.08. The zero-order valence-electron chi connectivity index (χ0n) is 12.8. The van der Waals surface area contributed by atoms with E-state index >= 15 is 0 Å². The van der Waals surface area contributed by atoms with Crippen molar-refractivity contribution in [1.29, 1.82) is 0 Å². The summed E-state index contributed by atoms with van der Waals surface area (Å²) in [7, 11) is 0. The predicted octanol–water partition coefficient (Wildman–Crippen LogP) is 4.81. The minimum atomic E-state index is -0.372. The Morgan fingerprint density at radius 2 is 2.08 bits per heavy atom. The second-order valence-corrected chi connectivity index (χ2v) is 6.97. The molecule has 0 saturated carbocycles. The SMILES string of the molecule is O=C(NCCSCc1ccsc1)c1ccc(-c2ccccc2F)o1. The molecular weight excluding hydrogens is 345 g/mol. The van der Waals surface area contributed by atoms with Crippen LogP contribution in [0.4, 0.5) is 4.39 Å². The molecule has 124 valence electrons. The third-order valence-corrected chi connectivity index (χ3v) is 5.11. The van der Waals surface area contributed by atoms with Crippen molar-refractivity contribution in [2.24, 2.45) is 0 Å². The molecule has 3 nitrogen and oxygen atoms in total. The average Bonchev–Trinajstić information content (AvgIpc) is 3.26. The van der Waals surface area contributed by atoms with Crippen molar-refractivity contribution >= 4 is 29.0 Å². The van der Waals surface area contributed by atoms with Crippen LogP contribution < -0.4 is 5.32 Å². The maximum atomic E-state index is 13.7. The minimum absolute atomic E-state index is 0.191. The van der Waals surface area contributed by atoms with Crippen molar-refractivity contribution in [2.45, 2.75) is 5.75 Å². The van der Waals surface area contributed by atoms with Gasteiger partial charge in [0.05, 0.1) is 5.56 Å². The molecule has 24 heavy (non-hydrogen) atoms. The fourth-order valence-corrected chi connectivity index (χ4v) is 3.73. The van der Waals surface area contributed by atoms with Crippen molar-refractivity contribution in [3.8, 4) is 11.3 Å². The second kappa shape index (κ2) is 8.17. The lowest BCUT2D eigenvalue weighted by atomic mass is 10.1. The fraction of sp³-hybridized carbons (Fsp3) is 0.167.